The Morgan fingerprint density at radius 1 is 0.722 bits per heavy atom. The largest absolute Gasteiger partial charge is 1.00 e. The van der Waals surface area contributed by atoms with Crippen LogP contribution in [0.25, 0.3) is 0 Å². The Bertz CT molecular complexity index is 820. The average molecular weight is 516 g/mol. The molecule has 1 unspecified atom stereocenters. The van der Waals surface area contributed by atoms with Gasteiger partial charge in [-0.25, -0.2) is 0 Å². The molecule has 36 heavy (non-hydrogen) atoms. The van der Waals surface area contributed by atoms with Crippen molar-refractivity contribution in [3.8, 4) is 5.75 Å². The van der Waals surface area contributed by atoms with E-state index >= 15 is 0 Å². The highest BCUT2D eigenvalue weighted by Crippen LogP contribution is 2.24. The van der Waals surface area contributed by atoms with Gasteiger partial charge in [0.1, 0.15) is 12.3 Å². The number of hydrogen-bond acceptors (Lipinski definition) is 2. The van der Waals surface area contributed by atoms with E-state index in [0.717, 1.165) is 19.4 Å². The molecule has 0 heterocycles. The van der Waals surface area contributed by atoms with Gasteiger partial charge in [-0.3, -0.25) is 4.79 Å². The van der Waals surface area contributed by atoms with Crippen molar-refractivity contribution >= 4 is 5.78 Å². The third kappa shape index (κ3) is 12.4. The molecule has 0 bridgehead atoms. The molecular formula is C32H50ClNO2. The molecule has 0 amide bonds. The lowest BCUT2D eigenvalue weighted by Crippen LogP contribution is -3.00. The van der Waals surface area contributed by atoms with Crippen LogP contribution in [0.1, 0.15) is 113 Å². The summed E-state index contributed by atoms with van der Waals surface area (Å²) in [6.07, 6.45) is 18.2. The maximum atomic E-state index is 13.5. The van der Waals surface area contributed by atoms with Crippen molar-refractivity contribution in [1.82, 2.24) is 0 Å². The maximum absolute atomic E-state index is 13.5. The summed E-state index contributed by atoms with van der Waals surface area (Å²) >= 11 is 0. The van der Waals surface area contributed by atoms with Gasteiger partial charge in [0, 0.05) is 17.5 Å². The first-order valence-corrected chi connectivity index (χ1v) is 14.1. The lowest BCUT2D eigenvalue weighted by Gasteiger charge is -2.37. The quantitative estimate of drug-likeness (QED) is 0.148. The molecule has 2 aromatic rings. The first-order valence-electron chi connectivity index (χ1n) is 14.1. The van der Waals surface area contributed by atoms with Gasteiger partial charge in [0.2, 0.25) is 5.78 Å². The molecule has 0 aliphatic rings. The van der Waals surface area contributed by atoms with Gasteiger partial charge in [-0.2, -0.15) is 0 Å². The number of nitrogens with zero attached hydrogens (tertiary/aromatic N) is 1. The van der Waals surface area contributed by atoms with Crippen molar-refractivity contribution in [2.24, 2.45) is 0 Å². The number of phenols is 1. The number of carbonyl (C=O) groups is 1. The van der Waals surface area contributed by atoms with Gasteiger partial charge in [0.05, 0.1) is 14.1 Å². The molecule has 1 N–H and O–H groups in total. The first-order chi connectivity index (χ1) is 16.9. The van der Waals surface area contributed by atoms with Crippen LogP contribution in [0.4, 0.5) is 0 Å². The van der Waals surface area contributed by atoms with Gasteiger partial charge >= 0.3 is 0 Å². The van der Waals surface area contributed by atoms with Crippen LogP contribution in [0.15, 0.2) is 54.6 Å². The number of hydrogen-bond donors (Lipinski definition) is 1. The van der Waals surface area contributed by atoms with Crippen molar-refractivity contribution in [3.63, 3.8) is 0 Å². The number of phenolic OH excluding ortho intramolecular Hbond substituents is 1. The molecule has 1 atom stereocenters. The molecule has 2 rings (SSSR count). The van der Waals surface area contributed by atoms with Crippen LogP contribution in [0.5, 0.6) is 5.75 Å². The SMILES string of the molecule is CCCCCCCCCCCCCCCC(C(=O)c1ccc(O)cc1)[N+](C)(C)Cc1ccccc1.[Cl-]. The number of Topliss-reactive ketones (excluding diaryl/α,β-unsaturated/α-hetero) is 1. The molecule has 2 aromatic carbocycles. The Hall–Kier alpha value is -1.84. The van der Waals surface area contributed by atoms with E-state index in [0.29, 0.717) is 10.0 Å². The maximum Gasteiger partial charge on any atom is 0.219 e. The molecule has 0 aliphatic carbocycles. The molecule has 0 saturated heterocycles. The molecular weight excluding hydrogens is 466 g/mol. The smallest absolute Gasteiger partial charge is 0.219 e. The number of likely N-dealkylation sites (N-methyl/N-ethyl adjacent to an activating group) is 1. The zero-order valence-electron chi connectivity index (χ0n) is 23.1. The second-order valence-corrected chi connectivity index (χ2v) is 10.9. The zero-order chi connectivity index (χ0) is 25.4. The lowest BCUT2D eigenvalue weighted by atomic mass is 9.95. The summed E-state index contributed by atoms with van der Waals surface area (Å²) in [5, 5.41) is 9.65. The number of carbonyl (C=O) groups excluding carboxylic acids is 1. The molecule has 0 aromatic heterocycles. The topological polar surface area (TPSA) is 37.3 Å². The molecule has 0 fully saturated rings. The molecule has 0 aliphatic heterocycles. The summed E-state index contributed by atoms with van der Waals surface area (Å²) in [4.78, 5) is 13.5. The third-order valence-corrected chi connectivity index (χ3v) is 7.31. The summed E-state index contributed by atoms with van der Waals surface area (Å²) in [5.41, 5.74) is 1.95. The van der Waals surface area contributed by atoms with Gasteiger partial charge in [-0.15, -0.1) is 0 Å². The fraction of sp³-hybridized carbons (Fsp3) is 0.594. The zero-order valence-corrected chi connectivity index (χ0v) is 23.8. The molecule has 3 nitrogen and oxygen atoms in total. The number of rotatable bonds is 19. The van der Waals surface area contributed by atoms with Crippen LogP contribution in [0.2, 0.25) is 0 Å². The second kappa shape index (κ2) is 18.4. The van der Waals surface area contributed by atoms with Crippen LogP contribution in [-0.4, -0.2) is 35.5 Å². The predicted octanol–water partition coefficient (Wildman–Crippen LogP) is 5.71. The third-order valence-electron chi connectivity index (χ3n) is 7.31. The van der Waals surface area contributed by atoms with Crippen molar-refractivity contribution in [3.05, 3.63) is 65.7 Å². The standard InChI is InChI=1S/C32H49NO2.ClH/c1-4-5-6-7-8-9-10-11-12-13-14-15-19-22-31(32(35)29-23-25-30(34)26-24-29)33(2,3)27-28-20-17-16-18-21-28;/h16-18,20-21,23-26,31H,4-15,19,22,27H2,1-3H3;1H. The fourth-order valence-electron chi connectivity index (χ4n) is 5.14. The number of aromatic hydroxyl groups is 1. The molecule has 0 spiro atoms. The van der Waals surface area contributed by atoms with Gasteiger partial charge in [0.15, 0.2) is 6.04 Å². The minimum atomic E-state index is -0.0903. The average Bonchev–Trinajstić information content (AvgIpc) is 2.84. The summed E-state index contributed by atoms with van der Waals surface area (Å²) in [5.74, 6) is 0.387. The number of unbranched alkanes of at least 4 members (excludes halogenated alkanes) is 12. The fourth-order valence-corrected chi connectivity index (χ4v) is 5.14. The summed E-state index contributed by atoms with van der Waals surface area (Å²) in [6.45, 7) is 3.10. The predicted molar refractivity (Wildman–Crippen MR) is 149 cm³/mol. The normalized spacial score (nSPS) is 12.2. The highest BCUT2D eigenvalue weighted by molar-refractivity contribution is 5.99. The van der Waals surface area contributed by atoms with E-state index in [1.807, 2.05) is 6.07 Å². The minimum Gasteiger partial charge on any atom is -1.00 e. The molecule has 0 saturated carbocycles. The van der Waals surface area contributed by atoms with E-state index in [-0.39, 0.29) is 30.0 Å². The van der Waals surface area contributed by atoms with Crippen LogP contribution in [-0.2, 0) is 6.54 Å². The van der Waals surface area contributed by atoms with E-state index in [9.17, 15) is 9.90 Å². The van der Waals surface area contributed by atoms with Gasteiger partial charge in [0.25, 0.3) is 0 Å². The van der Waals surface area contributed by atoms with Crippen molar-refractivity contribution in [2.45, 2.75) is 109 Å². The summed E-state index contributed by atoms with van der Waals surface area (Å²) in [7, 11) is 4.36. The van der Waals surface area contributed by atoms with Gasteiger partial charge in [-0.1, -0.05) is 114 Å². The van der Waals surface area contributed by atoms with Crippen LogP contribution in [0.3, 0.4) is 0 Å². The Morgan fingerprint density at radius 3 is 1.69 bits per heavy atom. The van der Waals surface area contributed by atoms with Crippen LogP contribution < -0.4 is 12.4 Å². The van der Waals surface area contributed by atoms with E-state index < -0.39 is 0 Å². The minimum absolute atomic E-state index is 0. The van der Waals surface area contributed by atoms with Crippen LogP contribution >= 0.6 is 0 Å². The highest BCUT2D eigenvalue weighted by atomic mass is 35.5. The number of ketones is 1. The summed E-state index contributed by atoms with van der Waals surface area (Å²) < 4.78 is 0.641. The molecule has 202 valence electrons. The van der Waals surface area contributed by atoms with Crippen molar-refractivity contribution in [1.29, 1.82) is 0 Å². The van der Waals surface area contributed by atoms with Crippen LogP contribution in [0, 0.1) is 0 Å². The van der Waals surface area contributed by atoms with E-state index in [1.54, 1.807) is 24.3 Å². The Labute approximate surface area is 227 Å². The lowest BCUT2D eigenvalue weighted by molar-refractivity contribution is -0.918. The van der Waals surface area contributed by atoms with E-state index in [2.05, 4.69) is 45.3 Å². The van der Waals surface area contributed by atoms with Crippen molar-refractivity contribution < 1.29 is 26.8 Å². The van der Waals surface area contributed by atoms with E-state index in [1.165, 1.54) is 82.6 Å². The molecule has 4 heteroatoms. The van der Waals surface area contributed by atoms with E-state index in [4.69, 9.17) is 0 Å². The van der Waals surface area contributed by atoms with Crippen molar-refractivity contribution in [2.75, 3.05) is 14.1 Å². The first kappa shape index (κ1) is 32.2. The molecule has 0 radical (unpaired) electrons. The van der Waals surface area contributed by atoms with Gasteiger partial charge in [-0.05, 0) is 30.7 Å². The Morgan fingerprint density at radius 2 is 1.19 bits per heavy atom. The summed E-state index contributed by atoms with van der Waals surface area (Å²) in [6, 6.07) is 17.1. The Balaban J connectivity index is 0.00000648. The highest BCUT2D eigenvalue weighted by Gasteiger charge is 2.35. The second-order valence-electron chi connectivity index (χ2n) is 10.9. The Kier molecular flexibility index (Phi) is 16.5. The number of benzene rings is 2. The van der Waals surface area contributed by atoms with Gasteiger partial charge < -0.3 is 22.0 Å². The number of halogens is 1. The number of quaternary nitrogens is 1. The monoisotopic (exact) mass is 515 g/mol.